The van der Waals surface area contributed by atoms with Crippen molar-refractivity contribution in [2.75, 3.05) is 14.2 Å². The maximum Gasteiger partial charge on any atom is 0.271 e. The summed E-state index contributed by atoms with van der Waals surface area (Å²) in [6.45, 7) is 3.71. The van der Waals surface area contributed by atoms with Gasteiger partial charge in [-0.25, -0.2) is 5.43 Å². The van der Waals surface area contributed by atoms with Gasteiger partial charge < -0.3 is 9.47 Å². The molecular formula is C18H20N2O3. The average Bonchev–Trinajstić information content (AvgIpc) is 2.59. The summed E-state index contributed by atoms with van der Waals surface area (Å²) in [6, 6.07) is 12.9. The van der Waals surface area contributed by atoms with Crippen LogP contribution in [0.3, 0.4) is 0 Å². The van der Waals surface area contributed by atoms with Crippen molar-refractivity contribution in [3.8, 4) is 11.5 Å². The first-order valence-corrected chi connectivity index (χ1v) is 7.19. The molecular weight excluding hydrogens is 292 g/mol. The smallest absolute Gasteiger partial charge is 0.271 e. The molecule has 1 N–H and O–H groups in total. The predicted octanol–water partition coefficient (Wildman–Crippen LogP) is 3.17. The van der Waals surface area contributed by atoms with Crippen LogP contribution < -0.4 is 14.9 Å². The van der Waals surface area contributed by atoms with Gasteiger partial charge in [0.1, 0.15) is 0 Å². The first kappa shape index (κ1) is 16.5. The molecule has 0 radical (unpaired) electrons. The van der Waals surface area contributed by atoms with Crippen molar-refractivity contribution in [3.63, 3.8) is 0 Å². The topological polar surface area (TPSA) is 59.9 Å². The molecule has 120 valence electrons. The maximum atomic E-state index is 12.2. The quantitative estimate of drug-likeness (QED) is 0.681. The Bertz CT molecular complexity index is 739. The molecule has 0 aliphatic carbocycles. The second-order valence-corrected chi connectivity index (χ2v) is 5.02. The molecule has 0 aliphatic heterocycles. The van der Waals surface area contributed by atoms with E-state index >= 15 is 0 Å². The van der Waals surface area contributed by atoms with E-state index < -0.39 is 0 Å². The summed E-state index contributed by atoms with van der Waals surface area (Å²) in [5, 5.41) is 4.16. The number of hydrazone groups is 1. The van der Waals surface area contributed by atoms with Crippen molar-refractivity contribution in [1.29, 1.82) is 0 Å². The molecule has 0 saturated carbocycles. The van der Waals surface area contributed by atoms with Crippen molar-refractivity contribution >= 4 is 11.6 Å². The number of methoxy groups -OCH3 is 2. The SMILES string of the molecule is COc1ccc(/C(C)=N/NC(=O)c2ccccc2C)cc1OC. The van der Waals surface area contributed by atoms with Crippen molar-refractivity contribution < 1.29 is 14.3 Å². The number of hydrogen-bond acceptors (Lipinski definition) is 4. The van der Waals surface area contributed by atoms with E-state index in [1.165, 1.54) is 0 Å². The van der Waals surface area contributed by atoms with Gasteiger partial charge in [0.25, 0.3) is 5.91 Å². The Morgan fingerprint density at radius 3 is 2.39 bits per heavy atom. The minimum absolute atomic E-state index is 0.233. The van der Waals surface area contributed by atoms with Gasteiger partial charge in [-0.3, -0.25) is 4.79 Å². The molecule has 2 aromatic rings. The summed E-state index contributed by atoms with van der Waals surface area (Å²) >= 11 is 0. The second kappa shape index (κ2) is 7.45. The van der Waals surface area contributed by atoms with Gasteiger partial charge in [-0.15, -0.1) is 0 Å². The summed E-state index contributed by atoms with van der Waals surface area (Å²) in [5.74, 6) is 1.03. The fourth-order valence-electron chi connectivity index (χ4n) is 2.15. The molecule has 0 unspecified atom stereocenters. The zero-order chi connectivity index (χ0) is 16.8. The lowest BCUT2D eigenvalue weighted by atomic mass is 10.1. The first-order valence-electron chi connectivity index (χ1n) is 7.19. The third-order valence-corrected chi connectivity index (χ3v) is 3.52. The summed E-state index contributed by atoms with van der Waals surface area (Å²) < 4.78 is 10.5. The molecule has 2 rings (SSSR count). The number of carbonyl (C=O) groups is 1. The molecule has 0 saturated heterocycles. The van der Waals surface area contributed by atoms with Crippen LogP contribution in [0.5, 0.6) is 11.5 Å². The number of ether oxygens (including phenoxy) is 2. The van der Waals surface area contributed by atoms with E-state index in [1.54, 1.807) is 26.4 Å². The first-order chi connectivity index (χ1) is 11.1. The zero-order valence-electron chi connectivity index (χ0n) is 13.7. The molecule has 5 nitrogen and oxygen atoms in total. The van der Waals surface area contributed by atoms with Crippen molar-refractivity contribution in [3.05, 3.63) is 59.2 Å². The Kier molecular flexibility index (Phi) is 5.36. The van der Waals surface area contributed by atoms with Crippen LogP contribution in [0.4, 0.5) is 0 Å². The lowest BCUT2D eigenvalue weighted by molar-refractivity contribution is 0.0954. The van der Waals surface area contributed by atoms with E-state index in [1.807, 2.05) is 44.2 Å². The maximum absolute atomic E-state index is 12.2. The van der Waals surface area contributed by atoms with Crippen molar-refractivity contribution in [2.24, 2.45) is 5.10 Å². The van der Waals surface area contributed by atoms with E-state index in [-0.39, 0.29) is 5.91 Å². The molecule has 0 fully saturated rings. The van der Waals surface area contributed by atoms with Crippen LogP contribution >= 0.6 is 0 Å². The molecule has 23 heavy (non-hydrogen) atoms. The Hall–Kier alpha value is -2.82. The van der Waals surface area contributed by atoms with E-state index in [9.17, 15) is 4.79 Å². The van der Waals surface area contributed by atoms with Crippen LogP contribution in [-0.2, 0) is 0 Å². The summed E-state index contributed by atoms with van der Waals surface area (Å²) in [6.07, 6.45) is 0. The number of nitrogens with zero attached hydrogens (tertiary/aromatic N) is 1. The molecule has 5 heteroatoms. The molecule has 0 atom stereocenters. The van der Waals surface area contributed by atoms with Gasteiger partial charge in [0.15, 0.2) is 11.5 Å². The predicted molar refractivity (Wildman–Crippen MR) is 90.4 cm³/mol. The van der Waals surface area contributed by atoms with Crippen LogP contribution in [0.15, 0.2) is 47.6 Å². The minimum atomic E-state index is -0.233. The van der Waals surface area contributed by atoms with E-state index in [2.05, 4.69) is 10.5 Å². The Morgan fingerprint density at radius 2 is 1.74 bits per heavy atom. The molecule has 1 amide bonds. The summed E-state index contributed by atoms with van der Waals surface area (Å²) in [5.41, 5.74) is 5.61. The average molecular weight is 312 g/mol. The molecule has 2 aromatic carbocycles. The van der Waals surface area contributed by atoms with Crippen molar-refractivity contribution in [1.82, 2.24) is 5.43 Å². The van der Waals surface area contributed by atoms with Crippen LogP contribution in [0.2, 0.25) is 0 Å². The lowest BCUT2D eigenvalue weighted by Gasteiger charge is -2.09. The number of carbonyl (C=O) groups excluding carboxylic acids is 1. The molecule has 0 aliphatic rings. The lowest BCUT2D eigenvalue weighted by Crippen LogP contribution is -2.20. The highest BCUT2D eigenvalue weighted by atomic mass is 16.5. The zero-order valence-corrected chi connectivity index (χ0v) is 13.7. The minimum Gasteiger partial charge on any atom is -0.493 e. The van der Waals surface area contributed by atoms with Crippen LogP contribution in [0.25, 0.3) is 0 Å². The van der Waals surface area contributed by atoms with Gasteiger partial charge in [0.2, 0.25) is 0 Å². The van der Waals surface area contributed by atoms with Crippen LogP contribution in [0.1, 0.15) is 28.4 Å². The van der Waals surface area contributed by atoms with E-state index in [0.29, 0.717) is 22.8 Å². The van der Waals surface area contributed by atoms with E-state index in [4.69, 9.17) is 9.47 Å². The molecule has 0 bridgehead atoms. The fraction of sp³-hybridized carbons (Fsp3) is 0.222. The highest BCUT2D eigenvalue weighted by Gasteiger charge is 2.09. The Labute approximate surface area is 135 Å². The van der Waals surface area contributed by atoms with Crippen molar-refractivity contribution in [2.45, 2.75) is 13.8 Å². The Balaban J connectivity index is 2.17. The molecule has 0 heterocycles. The normalized spacial score (nSPS) is 11.0. The Morgan fingerprint density at radius 1 is 1.04 bits per heavy atom. The summed E-state index contributed by atoms with van der Waals surface area (Å²) in [7, 11) is 3.16. The van der Waals surface area contributed by atoms with Gasteiger partial charge in [-0.1, -0.05) is 18.2 Å². The third kappa shape index (κ3) is 3.88. The number of rotatable bonds is 5. The van der Waals surface area contributed by atoms with Gasteiger partial charge >= 0.3 is 0 Å². The highest BCUT2D eigenvalue weighted by Crippen LogP contribution is 2.27. The molecule has 0 aromatic heterocycles. The van der Waals surface area contributed by atoms with Gasteiger partial charge in [0, 0.05) is 11.1 Å². The van der Waals surface area contributed by atoms with E-state index in [0.717, 1.165) is 11.1 Å². The van der Waals surface area contributed by atoms with Crippen LogP contribution in [-0.4, -0.2) is 25.8 Å². The van der Waals surface area contributed by atoms with Gasteiger partial charge in [0.05, 0.1) is 19.9 Å². The van der Waals surface area contributed by atoms with Gasteiger partial charge in [-0.05, 0) is 43.7 Å². The second-order valence-electron chi connectivity index (χ2n) is 5.02. The fourth-order valence-corrected chi connectivity index (χ4v) is 2.15. The third-order valence-electron chi connectivity index (χ3n) is 3.52. The number of amides is 1. The standard InChI is InChI=1S/C18H20N2O3/c1-12-7-5-6-8-15(12)18(21)20-19-13(2)14-9-10-16(22-3)17(11-14)23-4/h5-11H,1-4H3,(H,20,21)/b19-13+. The van der Waals surface area contributed by atoms with Gasteiger partial charge in [-0.2, -0.15) is 5.10 Å². The number of hydrogen-bond donors (Lipinski definition) is 1. The largest absolute Gasteiger partial charge is 0.493 e. The number of benzene rings is 2. The molecule has 0 spiro atoms. The van der Waals surface area contributed by atoms with Crippen LogP contribution in [0, 0.1) is 6.92 Å². The monoisotopic (exact) mass is 312 g/mol. The summed E-state index contributed by atoms with van der Waals surface area (Å²) in [4.78, 5) is 12.2. The highest BCUT2D eigenvalue weighted by molar-refractivity contribution is 6.01. The number of nitrogens with one attached hydrogen (secondary N) is 1. The number of aryl methyl sites for hydroxylation is 1.